The summed E-state index contributed by atoms with van der Waals surface area (Å²) in [5, 5.41) is 25.0. The third-order valence-electron chi connectivity index (χ3n) is 12.6. The number of hydrogen-bond acceptors (Lipinski definition) is 8. The Bertz CT molecular complexity index is 1440. The highest BCUT2D eigenvalue weighted by molar-refractivity contribution is 4.88. The van der Waals surface area contributed by atoms with E-state index in [4.69, 9.17) is 40.2 Å². The van der Waals surface area contributed by atoms with Crippen LogP contribution in [0.15, 0.2) is 95.3 Å². The van der Waals surface area contributed by atoms with Crippen molar-refractivity contribution in [2.24, 2.45) is 10.2 Å². The predicted molar refractivity (Wildman–Crippen MR) is 311 cm³/mol. The largest absolute Gasteiger partial charge is 0.394 e. The van der Waals surface area contributed by atoms with Gasteiger partial charge in [0.05, 0.1) is 65.1 Å². The van der Waals surface area contributed by atoms with Crippen LogP contribution in [0.25, 0.3) is 20.9 Å². The Morgan fingerprint density at radius 3 is 1.64 bits per heavy atom. The van der Waals surface area contributed by atoms with E-state index in [9.17, 15) is 0 Å². The average Bonchev–Trinajstić information content (AvgIpc) is 3.35. The van der Waals surface area contributed by atoms with Crippen LogP contribution in [0.2, 0.25) is 0 Å². The molecule has 0 amide bonds. The molecule has 0 aromatic rings. The number of azide groups is 2. The Labute approximate surface area is 447 Å². The molecule has 0 bridgehead atoms. The fourth-order valence-electron chi connectivity index (χ4n) is 8.45. The topological polar surface area (TPSA) is 175 Å². The van der Waals surface area contributed by atoms with E-state index in [-0.39, 0.29) is 38.8 Å². The second-order valence-electron chi connectivity index (χ2n) is 18.9. The molecule has 4 unspecified atom stereocenters. The molecule has 0 aliphatic heterocycles. The summed E-state index contributed by atoms with van der Waals surface area (Å²) in [5.41, 5.74) is 16.9. The highest BCUT2D eigenvalue weighted by Crippen LogP contribution is 2.18. The molecule has 0 radical (unpaired) electrons. The lowest BCUT2D eigenvalue weighted by molar-refractivity contribution is -0.00886. The lowest BCUT2D eigenvalue weighted by atomic mass is 10.0. The van der Waals surface area contributed by atoms with Crippen LogP contribution in [-0.2, 0) is 18.9 Å². The number of aliphatic hydroxyl groups excluding tert-OH is 2. The van der Waals surface area contributed by atoms with Crippen LogP contribution in [0.4, 0.5) is 0 Å². The quantitative estimate of drug-likeness (QED) is 0.0210. The molecule has 3 rings (SSSR count). The molecule has 420 valence electrons. The van der Waals surface area contributed by atoms with E-state index in [1.54, 1.807) is 0 Å². The molecule has 0 saturated carbocycles. The zero-order chi connectivity index (χ0) is 52.2. The number of unbranched alkanes of at least 4 members (excludes halogenated alkanes) is 7. The summed E-state index contributed by atoms with van der Waals surface area (Å²) in [6, 6.07) is 0.370. The summed E-state index contributed by atoms with van der Waals surface area (Å²) in [6.45, 7) is 7.43. The maximum absolute atomic E-state index is 8.79. The second kappa shape index (κ2) is 62.9. The van der Waals surface area contributed by atoms with Crippen LogP contribution in [0.5, 0.6) is 0 Å². The van der Waals surface area contributed by atoms with Crippen molar-refractivity contribution >= 4 is 0 Å². The lowest BCUT2D eigenvalue weighted by Crippen LogP contribution is -2.17. The summed E-state index contributed by atoms with van der Waals surface area (Å²) in [5.74, 6) is 0. The monoisotopic (exact) mass is 1020 g/mol. The van der Waals surface area contributed by atoms with Gasteiger partial charge in [-0.1, -0.05) is 128 Å². The predicted octanol–water partition coefficient (Wildman–Crippen LogP) is 18.2. The molecule has 0 spiro atoms. The Hall–Kier alpha value is -3.44. The van der Waals surface area contributed by atoms with Crippen LogP contribution in [0.1, 0.15) is 227 Å². The molecule has 0 saturated heterocycles. The maximum atomic E-state index is 8.79. The van der Waals surface area contributed by atoms with Crippen molar-refractivity contribution in [3.05, 3.63) is 106 Å². The van der Waals surface area contributed by atoms with Crippen LogP contribution >= 0.6 is 0 Å². The van der Waals surface area contributed by atoms with Gasteiger partial charge in [-0.2, -0.15) is 0 Å². The molecule has 3 aliphatic rings. The molecule has 4 atom stereocenters. The van der Waals surface area contributed by atoms with Gasteiger partial charge in [-0.25, -0.2) is 0 Å². The maximum Gasteiger partial charge on any atom is 0.0704 e. The fraction of sp³-hybridized carbons (Fsp3) is 0.770. The molecular weight excluding hydrogens is 913 g/mol. The number of ether oxygens (including phenoxy) is 4. The van der Waals surface area contributed by atoms with E-state index in [1.807, 2.05) is 6.92 Å². The minimum atomic E-state index is 0. The Balaban J connectivity index is 0. The normalized spacial score (nSPS) is 18.8. The van der Waals surface area contributed by atoms with Gasteiger partial charge in [0, 0.05) is 21.9 Å². The number of aliphatic hydroxyl groups is 2. The Morgan fingerprint density at radius 1 is 0.507 bits per heavy atom. The number of allylic oxidation sites excluding steroid dienone is 14. The van der Waals surface area contributed by atoms with Crippen molar-refractivity contribution in [1.82, 2.24) is 0 Å². The zero-order valence-electron chi connectivity index (χ0n) is 45.9. The van der Waals surface area contributed by atoms with E-state index in [0.29, 0.717) is 45.7 Å². The van der Waals surface area contributed by atoms with Crippen molar-refractivity contribution < 1.29 is 29.2 Å². The highest BCUT2D eigenvalue weighted by atomic mass is 16.5. The van der Waals surface area contributed by atoms with Crippen LogP contribution in [0.3, 0.4) is 0 Å². The number of rotatable bonds is 35. The first-order chi connectivity index (χ1) is 35.6. The summed E-state index contributed by atoms with van der Waals surface area (Å²) >= 11 is 0. The van der Waals surface area contributed by atoms with Crippen molar-refractivity contribution in [3.63, 3.8) is 0 Å². The lowest BCUT2D eigenvalue weighted by Gasteiger charge is -2.18. The van der Waals surface area contributed by atoms with Crippen molar-refractivity contribution in [3.8, 4) is 0 Å². The molecule has 2 N–H and O–H groups in total. The van der Waals surface area contributed by atoms with Crippen LogP contribution in [-0.4, -0.2) is 87.4 Å². The molecule has 12 heteroatoms. The van der Waals surface area contributed by atoms with Gasteiger partial charge in [0.25, 0.3) is 0 Å². The molecule has 0 aromatic carbocycles. The molecule has 12 nitrogen and oxygen atoms in total. The van der Waals surface area contributed by atoms with Crippen molar-refractivity contribution in [2.45, 2.75) is 251 Å². The summed E-state index contributed by atoms with van der Waals surface area (Å²) in [6.07, 6.45) is 69.6. The molecule has 3 aliphatic carbocycles. The highest BCUT2D eigenvalue weighted by Gasteiger charge is 2.10. The van der Waals surface area contributed by atoms with Gasteiger partial charge < -0.3 is 29.2 Å². The first-order valence-electron chi connectivity index (χ1n) is 28.8. The number of nitrogens with zero attached hydrogens (tertiary/aromatic N) is 6. The third kappa shape index (κ3) is 56.1. The summed E-state index contributed by atoms with van der Waals surface area (Å²) < 4.78 is 22.2. The minimum absolute atomic E-state index is 0. The number of hydrogen-bond donors (Lipinski definition) is 2. The van der Waals surface area contributed by atoms with Crippen molar-refractivity contribution in [1.29, 1.82) is 0 Å². The molecule has 0 aromatic heterocycles. The smallest absolute Gasteiger partial charge is 0.0704 e. The first kappa shape index (κ1) is 71.6. The van der Waals surface area contributed by atoms with Gasteiger partial charge in [0.2, 0.25) is 0 Å². The van der Waals surface area contributed by atoms with Crippen molar-refractivity contribution in [2.75, 3.05) is 52.9 Å². The van der Waals surface area contributed by atoms with Crippen LogP contribution < -0.4 is 0 Å². The standard InChI is InChI=1S/C32H57N3O3.C12H22O3.C8H13N3.C8H14.CH4/c1-3-5-7-21-25-32(38-30-29-37-28-27-36)26-22-18-16-14-12-10-8-9-11-13-15-17-20-24-31(34-35-33)23-19-6-4-2;13-8-9-14-10-11-15-12-6-4-2-1-3-5-7-12;9-11-10-8-6-4-2-1-3-5-7-8;1-2-4-6-8-7-5-3-1;/h3-6,13,15-16,18,31-32,36H,7-12,14,17,19-30H2,1-2H3;1-2,12-13H,3-11H2;1-2,8H,3-7H2;1-2H,3-8H2;1H4/b5-3?,6-4?,15-13+,18-16+;2*2-1-;;. The molecule has 73 heavy (non-hydrogen) atoms. The minimum Gasteiger partial charge on any atom is -0.394 e. The molecule has 0 fully saturated rings. The first-order valence-corrected chi connectivity index (χ1v) is 28.8. The van der Waals surface area contributed by atoms with E-state index >= 15 is 0 Å². The van der Waals surface area contributed by atoms with Gasteiger partial charge in [-0.3, -0.25) is 0 Å². The average molecular weight is 1020 g/mol. The second-order valence-corrected chi connectivity index (χ2v) is 18.9. The van der Waals surface area contributed by atoms with E-state index in [2.05, 4.69) is 112 Å². The fourth-order valence-corrected chi connectivity index (χ4v) is 8.45. The molecule has 0 heterocycles. The third-order valence-corrected chi connectivity index (χ3v) is 12.6. The SMILES string of the molecule is C.C1=CCCCCCC1.CC=CCCCC(CC/C=C/CCCCCC/C=C/CCCC(CCC=CC)N=[N+]=[N-])OCCOCCO.OCCOCCOC1CC/C=C\CCC1.[N-]=[N+]=NC1CC/C=C\CCC1. The van der Waals surface area contributed by atoms with E-state index in [1.165, 1.54) is 77.0 Å². The molecular formula is C61H110N6O6. The Morgan fingerprint density at radius 2 is 1.03 bits per heavy atom. The summed E-state index contributed by atoms with van der Waals surface area (Å²) in [7, 11) is 0. The van der Waals surface area contributed by atoms with Crippen LogP contribution in [0, 0.1) is 0 Å². The van der Waals surface area contributed by atoms with E-state index in [0.717, 1.165) is 128 Å². The van der Waals surface area contributed by atoms with Gasteiger partial charge in [0.1, 0.15) is 0 Å². The van der Waals surface area contributed by atoms with Gasteiger partial charge >= 0.3 is 0 Å². The van der Waals surface area contributed by atoms with Gasteiger partial charge in [-0.15, -0.1) is 0 Å². The zero-order valence-corrected chi connectivity index (χ0v) is 45.9. The summed E-state index contributed by atoms with van der Waals surface area (Å²) in [4.78, 5) is 5.83. The Kier molecular flexibility index (Phi) is 61.7. The van der Waals surface area contributed by atoms with Gasteiger partial charge in [0.15, 0.2) is 0 Å². The van der Waals surface area contributed by atoms with E-state index < -0.39 is 0 Å². The van der Waals surface area contributed by atoms with Gasteiger partial charge in [-0.05, 0) is 205 Å².